The Morgan fingerprint density at radius 1 is 1.27 bits per heavy atom. The number of anilines is 1. The van der Waals surface area contributed by atoms with Crippen LogP contribution in [0.2, 0.25) is 5.02 Å². The maximum absolute atomic E-state index is 13.0. The maximum atomic E-state index is 13.0. The predicted molar refractivity (Wildman–Crippen MR) is 84.4 cm³/mol. The lowest BCUT2D eigenvalue weighted by atomic mass is 10.2. The highest BCUT2D eigenvalue weighted by molar-refractivity contribution is 6.34. The van der Waals surface area contributed by atoms with Gasteiger partial charge in [-0.2, -0.15) is 23.2 Å². The lowest BCUT2D eigenvalue weighted by molar-refractivity contribution is -0.141. The molecule has 0 aliphatic carbocycles. The smallest absolute Gasteiger partial charge is 0.351 e. The molecule has 3 N–H and O–H groups in total. The third kappa shape index (κ3) is 3.94. The van der Waals surface area contributed by atoms with E-state index in [0.717, 1.165) is 17.9 Å². The summed E-state index contributed by atoms with van der Waals surface area (Å²) in [6.07, 6.45) is -4.25. The highest BCUT2D eigenvalue weighted by atomic mass is 35.5. The summed E-state index contributed by atoms with van der Waals surface area (Å²) in [5, 5.41) is 5.35. The molecular formula is C14H11ClF3N5O3. The van der Waals surface area contributed by atoms with Crippen molar-refractivity contribution in [2.24, 2.45) is 12.8 Å². The van der Waals surface area contributed by atoms with E-state index in [-0.39, 0.29) is 15.6 Å². The Balaban J connectivity index is 2.39. The van der Waals surface area contributed by atoms with Crippen molar-refractivity contribution in [3.05, 3.63) is 46.7 Å². The zero-order chi connectivity index (χ0) is 19.6. The highest BCUT2D eigenvalue weighted by Crippen LogP contribution is 2.31. The second kappa shape index (κ2) is 7.04. The minimum absolute atomic E-state index is 0.0282. The van der Waals surface area contributed by atoms with Crippen molar-refractivity contribution in [2.45, 2.75) is 6.18 Å². The van der Waals surface area contributed by atoms with E-state index in [9.17, 15) is 27.6 Å². The molecule has 0 saturated heterocycles. The van der Waals surface area contributed by atoms with Crippen LogP contribution in [0.5, 0.6) is 0 Å². The van der Waals surface area contributed by atoms with Crippen LogP contribution in [0.4, 0.5) is 28.4 Å². The summed E-state index contributed by atoms with van der Waals surface area (Å²) >= 11 is 5.84. The minimum atomic E-state index is -4.98. The number of para-hydroxylation sites is 1. The van der Waals surface area contributed by atoms with Crippen molar-refractivity contribution < 1.29 is 27.6 Å². The van der Waals surface area contributed by atoms with Gasteiger partial charge in [0.1, 0.15) is 0 Å². The van der Waals surface area contributed by atoms with Gasteiger partial charge in [0, 0.05) is 13.2 Å². The standard InChI is InChI=1S/C14H11ClF3N5O3/c1-22-6-7(10(21-22)14(16,17)18)11(24)23(12(19)25)13(26)20-9-5-3-2-4-8(9)15/h2-6H,1H3,(H2,19,25)(H,20,26). The van der Waals surface area contributed by atoms with Crippen LogP contribution in [-0.2, 0) is 13.2 Å². The van der Waals surface area contributed by atoms with Gasteiger partial charge in [-0.15, -0.1) is 0 Å². The molecule has 0 fully saturated rings. The Morgan fingerprint density at radius 2 is 1.88 bits per heavy atom. The third-order valence-corrected chi connectivity index (χ3v) is 3.40. The maximum Gasteiger partial charge on any atom is 0.435 e. The number of imide groups is 3. The first-order chi connectivity index (χ1) is 12.0. The number of amides is 5. The van der Waals surface area contributed by atoms with E-state index in [0.29, 0.717) is 0 Å². The summed E-state index contributed by atoms with van der Waals surface area (Å²) in [4.78, 5) is 35.9. The molecule has 0 atom stereocenters. The van der Waals surface area contributed by atoms with E-state index >= 15 is 0 Å². The number of nitrogens with zero attached hydrogens (tertiary/aromatic N) is 3. The number of rotatable bonds is 2. The summed E-state index contributed by atoms with van der Waals surface area (Å²) in [6.45, 7) is 0. The second-order valence-electron chi connectivity index (χ2n) is 4.95. The van der Waals surface area contributed by atoms with Crippen LogP contribution in [0.25, 0.3) is 0 Å². The largest absolute Gasteiger partial charge is 0.435 e. The molecule has 0 aliphatic rings. The van der Waals surface area contributed by atoms with Gasteiger partial charge < -0.3 is 11.1 Å². The Hall–Kier alpha value is -3.08. The van der Waals surface area contributed by atoms with E-state index < -0.39 is 35.4 Å². The lowest BCUT2D eigenvalue weighted by Gasteiger charge is -2.18. The van der Waals surface area contributed by atoms with Crippen LogP contribution in [0.1, 0.15) is 16.1 Å². The van der Waals surface area contributed by atoms with Crippen molar-refractivity contribution >= 4 is 35.3 Å². The van der Waals surface area contributed by atoms with E-state index in [1.165, 1.54) is 18.2 Å². The molecule has 5 amide bonds. The van der Waals surface area contributed by atoms with Gasteiger partial charge in [-0.25, -0.2) is 9.59 Å². The monoisotopic (exact) mass is 389 g/mol. The van der Waals surface area contributed by atoms with Crippen molar-refractivity contribution in [2.75, 3.05) is 5.32 Å². The average molecular weight is 390 g/mol. The van der Waals surface area contributed by atoms with Crippen molar-refractivity contribution in [1.29, 1.82) is 0 Å². The summed E-state index contributed by atoms with van der Waals surface area (Å²) in [7, 11) is 1.14. The molecule has 1 aromatic carbocycles. The molecule has 0 unspecified atom stereocenters. The first-order valence-corrected chi connectivity index (χ1v) is 7.20. The second-order valence-corrected chi connectivity index (χ2v) is 5.36. The molecule has 8 nitrogen and oxygen atoms in total. The van der Waals surface area contributed by atoms with Crippen molar-refractivity contribution in [3.63, 3.8) is 0 Å². The van der Waals surface area contributed by atoms with Crippen LogP contribution < -0.4 is 11.1 Å². The fourth-order valence-corrected chi connectivity index (χ4v) is 2.18. The van der Waals surface area contributed by atoms with Gasteiger partial charge >= 0.3 is 18.2 Å². The fraction of sp³-hybridized carbons (Fsp3) is 0.143. The van der Waals surface area contributed by atoms with Gasteiger partial charge in [-0.1, -0.05) is 23.7 Å². The van der Waals surface area contributed by atoms with Crippen LogP contribution in [0, 0.1) is 0 Å². The molecule has 0 aliphatic heterocycles. The summed E-state index contributed by atoms with van der Waals surface area (Å²) in [5.74, 6) is -1.58. The van der Waals surface area contributed by atoms with Crippen LogP contribution >= 0.6 is 11.6 Å². The van der Waals surface area contributed by atoms with E-state index in [1.807, 2.05) is 0 Å². The molecule has 0 radical (unpaired) electrons. The molecule has 2 aromatic rings. The molecule has 2 rings (SSSR count). The molecule has 26 heavy (non-hydrogen) atoms. The average Bonchev–Trinajstić information content (AvgIpc) is 2.91. The molecule has 12 heteroatoms. The molecule has 1 heterocycles. The van der Waals surface area contributed by atoms with Crippen molar-refractivity contribution in [3.8, 4) is 0 Å². The van der Waals surface area contributed by atoms with Crippen molar-refractivity contribution in [1.82, 2.24) is 14.7 Å². The van der Waals surface area contributed by atoms with Gasteiger partial charge in [0.15, 0.2) is 5.69 Å². The Bertz CT molecular complexity index is 881. The van der Waals surface area contributed by atoms with Crippen LogP contribution in [-0.4, -0.2) is 32.6 Å². The topological polar surface area (TPSA) is 110 Å². The van der Waals surface area contributed by atoms with Crippen LogP contribution in [0.3, 0.4) is 0 Å². The zero-order valence-corrected chi connectivity index (χ0v) is 13.8. The molecule has 1 aromatic heterocycles. The predicted octanol–water partition coefficient (Wildman–Crippen LogP) is 2.85. The molecule has 0 bridgehead atoms. The van der Waals surface area contributed by atoms with Gasteiger partial charge in [-0.05, 0) is 12.1 Å². The number of carbonyl (C=O) groups is 3. The Morgan fingerprint density at radius 3 is 2.42 bits per heavy atom. The molecule has 0 spiro atoms. The van der Waals surface area contributed by atoms with Gasteiger partial charge in [0.25, 0.3) is 5.91 Å². The zero-order valence-electron chi connectivity index (χ0n) is 13.0. The minimum Gasteiger partial charge on any atom is -0.351 e. The van der Waals surface area contributed by atoms with E-state index in [4.69, 9.17) is 17.3 Å². The van der Waals surface area contributed by atoms with E-state index in [2.05, 4.69) is 10.4 Å². The summed E-state index contributed by atoms with van der Waals surface area (Å²) in [5.41, 5.74) is 2.47. The first kappa shape index (κ1) is 19.2. The number of aromatic nitrogens is 2. The number of halogens is 4. The van der Waals surface area contributed by atoms with E-state index in [1.54, 1.807) is 6.07 Å². The Labute approximate surface area is 149 Å². The summed E-state index contributed by atoms with van der Waals surface area (Å²) in [6, 6.07) is 2.89. The number of urea groups is 2. The quantitative estimate of drug-likeness (QED) is 0.822. The molecule has 138 valence electrons. The third-order valence-electron chi connectivity index (χ3n) is 3.07. The highest BCUT2D eigenvalue weighted by Gasteiger charge is 2.41. The Kier molecular flexibility index (Phi) is 5.21. The van der Waals surface area contributed by atoms with Gasteiger partial charge in [0.2, 0.25) is 0 Å². The molecule has 0 saturated carbocycles. The number of alkyl halides is 3. The number of carbonyl (C=O) groups excluding carboxylic acids is 3. The number of nitrogens with one attached hydrogen (secondary N) is 1. The number of primary amides is 1. The first-order valence-electron chi connectivity index (χ1n) is 6.82. The van der Waals surface area contributed by atoms with Gasteiger partial charge in [-0.3, -0.25) is 9.48 Å². The SMILES string of the molecule is Cn1cc(C(=O)N(C(N)=O)C(=O)Nc2ccccc2Cl)c(C(F)(F)F)n1. The lowest BCUT2D eigenvalue weighted by Crippen LogP contribution is -2.47. The number of nitrogens with two attached hydrogens (primary N) is 1. The normalized spacial score (nSPS) is 11.1. The van der Waals surface area contributed by atoms with Gasteiger partial charge in [0.05, 0.1) is 16.3 Å². The summed E-state index contributed by atoms with van der Waals surface area (Å²) < 4.78 is 39.7. The number of benzene rings is 1. The number of aryl methyl sites for hydroxylation is 1. The van der Waals surface area contributed by atoms with Crippen LogP contribution in [0.15, 0.2) is 30.5 Å². The number of hydrogen-bond donors (Lipinski definition) is 2. The fourth-order valence-electron chi connectivity index (χ4n) is 2.00. The number of hydrogen-bond acceptors (Lipinski definition) is 4. The molecular weight excluding hydrogens is 379 g/mol.